The van der Waals surface area contributed by atoms with Crippen LogP contribution in [0.1, 0.15) is 57.5 Å². The molecule has 0 aromatic carbocycles. The van der Waals surface area contributed by atoms with E-state index in [4.69, 9.17) is 0 Å². The number of thiophene rings is 1. The summed E-state index contributed by atoms with van der Waals surface area (Å²) in [6.45, 7) is 7.38. The molecule has 2 fully saturated rings. The van der Waals surface area contributed by atoms with Crippen LogP contribution < -0.4 is 5.32 Å². The predicted octanol–water partition coefficient (Wildman–Crippen LogP) is 3.78. The van der Waals surface area contributed by atoms with Gasteiger partial charge in [-0.15, -0.1) is 11.3 Å². The number of hydrogen-bond donors (Lipinski definition) is 1. The van der Waals surface area contributed by atoms with E-state index in [0.29, 0.717) is 5.92 Å². The zero-order chi connectivity index (χ0) is 15.0. The van der Waals surface area contributed by atoms with Crippen LogP contribution in [0, 0.1) is 11.8 Å². The van der Waals surface area contributed by atoms with Crippen molar-refractivity contribution in [3.05, 3.63) is 22.4 Å². The minimum absolute atomic E-state index is 0.0679. The van der Waals surface area contributed by atoms with Crippen LogP contribution in [0.15, 0.2) is 17.5 Å². The number of nitrogens with zero attached hydrogens (tertiary/aromatic N) is 1. The van der Waals surface area contributed by atoms with Gasteiger partial charge in [0.25, 0.3) is 0 Å². The molecule has 4 atom stereocenters. The highest BCUT2D eigenvalue weighted by molar-refractivity contribution is 7.10. The van der Waals surface area contributed by atoms with Crippen molar-refractivity contribution in [3.8, 4) is 0 Å². The third-order valence-corrected chi connectivity index (χ3v) is 6.20. The molecule has 1 saturated heterocycles. The Morgan fingerprint density at radius 1 is 1.48 bits per heavy atom. The smallest absolute Gasteiger partial charge is 0.244 e. The molecule has 3 rings (SSSR count). The van der Waals surface area contributed by atoms with Gasteiger partial charge in [-0.2, -0.15) is 0 Å². The van der Waals surface area contributed by atoms with Gasteiger partial charge >= 0.3 is 0 Å². The quantitative estimate of drug-likeness (QED) is 0.918. The molecule has 4 heteroatoms. The van der Waals surface area contributed by atoms with Gasteiger partial charge in [-0.25, -0.2) is 0 Å². The van der Waals surface area contributed by atoms with Gasteiger partial charge in [-0.3, -0.25) is 10.1 Å². The molecule has 2 heterocycles. The van der Waals surface area contributed by atoms with Crippen molar-refractivity contribution in [2.45, 2.75) is 58.2 Å². The Morgan fingerprint density at radius 2 is 2.29 bits per heavy atom. The van der Waals surface area contributed by atoms with Gasteiger partial charge in [0.05, 0.1) is 5.54 Å². The van der Waals surface area contributed by atoms with Crippen LogP contribution in [0.3, 0.4) is 0 Å². The second kappa shape index (κ2) is 5.73. The van der Waals surface area contributed by atoms with E-state index in [2.05, 4.69) is 41.6 Å². The minimum atomic E-state index is -0.404. The van der Waals surface area contributed by atoms with Gasteiger partial charge in [-0.1, -0.05) is 26.3 Å². The van der Waals surface area contributed by atoms with Crippen LogP contribution >= 0.6 is 11.3 Å². The van der Waals surface area contributed by atoms with Crippen molar-refractivity contribution in [2.75, 3.05) is 6.54 Å². The van der Waals surface area contributed by atoms with Crippen LogP contribution in [0.25, 0.3) is 0 Å². The SMILES string of the molecule is CCC1(C)NC(c2cccs2)N(CC2CCC(C)C2)C1=O. The maximum atomic E-state index is 12.9. The van der Waals surface area contributed by atoms with E-state index >= 15 is 0 Å². The minimum Gasteiger partial charge on any atom is -0.320 e. The van der Waals surface area contributed by atoms with Gasteiger partial charge in [-0.05, 0) is 49.5 Å². The monoisotopic (exact) mass is 306 g/mol. The summed E-state index contributed by atoms with van der Waals surface area (Å²) >= 11 is 1.74. The molecule has 1 saturated carbocycles. The highest BCUT2D eigenvalue weighted by Gasteiger charge is 2.48. The first kappa shape index (κ1) is 15.0. The molecule has 3 nitrogen and oxygen atoms in total. The summed E-state index contributed by atoms with van der Waals surface area (Å²) in [4.78, 5) is 16.3. The summed E-state index contributed by atoms with van der Waals surface area (Å²) in [5, 5.41) is 5.69. The van der Waals surface area contributed by atoms with Crippen molar-refractivity contribution in [1.82, 2.24) is 10.2 Å². The number of amides is 1. The third kappa shape index (κ3) is 2.76. The molecule has 0 radical (unpaired) electrons. The van der Waals surface area contributed by atoms with Crippen molar-refractivity contribution in [1.29, 1.82) is 0 Å². The molecule has 2 aliphatic rings. The maximum absolute atomic E-state index is 12.9. The van der Waals surface area contributed by atoms with Crippen molar-refractivity contribution >= 4 is 17.2 Å². The van der Waals surface area contributed by atoms with Gasteiger partial charge in [0.1, 0.15) is 6.17 Å². The number of carbonyl (C=O) groups is 1. The number of hydrogen-bond acceptors (Lipinski definition) is 3. The fraction of sp³-hybridized carbons (Fsp3) is 0.706. The normalized spacial score (nSPS) is 36.6. The molecule has 1 aliphatic carbocycles. The molecule has 1 aliphatic heterocycles. The lowest BCUT2D eigenvalue weighted by Gasteiger charge is -2.26. The molecular weight excluding hydrogens is 280 g/mol. The lowest BCUT2D eigenvalue weighted by atomic mass is 9.99. The van der Waals surface area contributed by atoms with Gasteiger partial charge in [0.15, 0.2) is 0 Å². The van der Waals surface area contributed by atoms with E-state index in [1.165, 1.54) is 24.1 Å². The fourth-order valence-corrected chi connectivity index (χ4v) is 4.54. The van der Waals surface area contributed by atoms with E-state index in [1.807, 2.05) is 6.92 Å². The number of nitrogens with one attached hydrogen (secondary N) is 1. The number of rotatable bonds is 4. The van der Waals surface area contributed by atoms with E-state index in [9.17, 15) is 4.79 Å². The average Bonchev–Trinajstić information content (AvgIpc) is 3.17. The molecule has 4 unspecified atom stereocenters. The second-order valence-corrected chi connectivity index (χ2v) is 7.97. The molecule has 21 heavy (non-hydrogen) atoms. The highest BCUT2D eigenvalue weighted by atomic mass is 32.1. The Labute approximate surface area is 131 Å². The van der Waals surface area contributed by atoms with Crippen LogP contribution in [0.4, 0.5) is 0 Å². The Bertz CT molecular complexity index is 501. The van der Waals surface area contributed by atoms with E-state index in [1.54, 1.807) is 11.3 Å². The summed E-state index contributed by atoms with van der Waals surface area (Å²) in [5.74, 6) is 1.77. The van der Waals surface area contributed by atoms with Crippen LogP contribution in [0.5, 0.6) is 0 Å². The van der Waals surface area contributed by atoms with Crippen molar-refractivity contribution in [3.63, 3.8) is 0 Å². The Balaban J connectivity index is 1.81. The van der Waals surface area contributed by atoms with Gasteiger partial charge in [0.2, 0.25) is 5.91 Å². The molecule has 1 N–H and O–H groups in total. The first-order valence-electron chi connectivity index (χ1n) is 8.15. The summed E-state index contributed by atoms with van der Waals surface area (Å²) in [6, 6.07) is 4.21. The fourth-order valence-electron chi connectivity index (χ4n) is 3.76. The van der Waals surface area contributed by atoms with E-state index in [0.717, 1.165) is 18.9 Å². The predicted molar refractivity (Wildman–Crippen MR) is 87.1 cm³/mol. The molecule has 116 valence electrons. The molecule has 0 spiro atoms. The Kier molecular flexibility index (Phi) is 4.10. The lowest BCUT2D eigenvalue weighted by Crippen LogP contribution is -2.43. The second-order valence-electron chi connectivity index (χ2n) is 6.99. The average molecular weight is 306 g/mol. The molecule has 0 bridgehead atoms. The zero-order valence-corrected chi connectivity index (χ0v) is 14.1. The standard InChI is InChI=1S/C17H26N2OS/c1-4-17(3)16(20)19(11-13-8-7-12(2)10-13)15(18-17)14-6-5-9-21-14/h5-6,9,12-13,15,18H,4,7-8,10-11H2,1-3H3. The summed E-state index contributed by atoms with van der Waals surface area (Å²) in [6.07, 6.45) is 4.76. The first-order chi connectivity index (χ1) is 10.0. The molecule has 1 aromatic rings. The topological polar surface area (TPSA) is 32.3 Å². The van der Waals surface area contributed by atoms with Gasteiger partial charge in [0, 0.05) is 11.4 Å². The summed E-state index contributed by atoms with van der Waals surface area (Å²) < 4.78 is 0. The van der Waals surface area contributed by atoms with Crippen LogP contribution in [-0.2, 0) is 4.79 Å². The Hall–Kier alpha value is -0.870. The first-order valence-corrected chi connectivity index (χ1v) is 9.03. The van der Waals surface area contributed by atoms with Crippen molar-refractivity contribution in [2.24, 2.45) is 11.8 Å². The maximum Gasteiger partial charge on any atom is 0.244 e. The Morgan fingerprint density at radius 3 is 2.86 bits per heavy atom. The molecule has 1 aromatic heterocycles. The van der Waals surface area contributed by atoms with E-state index in [-0.39, 0.29) is 12.1 Å². The third-order valence-electron chi connectivity index (χ3n) is 5.28. The highest BCUT2D eigenvalue weighted by Crippen LogP contribution is 2.38. The molecular formula is C17H26N2OS. The summed E-state index contributed by atoms with van der Waals surface area (Å²) in [5.41, 5.74) is -0.404. The number of carbonyl (C=O) groups excluding carboxylic acids is 1. The van der Waals surface area contributed by atoms with Crippen molar-refractivity contribution < 1.29 is 4.79 Å². The van der Waals surface area contributed by atoms with Crippen LogP contribution in [0.2, 0.25) is 0 Å². The zero-order valence-electron chi connectivity index (χ0n) is 13.3. The van der Waals surface area contributed by atoms with Gasteiger partial charge < -0.3 is 4.90 Å². The van der Waals surface area contributed by atoms with Crippen LogP contribution in [-0.4, -0.2) is 22.9 Å². The largest absolute Gasteiger partial charge is 0.320 e. The lowest BCUT2D eigenvalue weighted by molar-refractivity contribution is -0.133. The molecule has 1 amide bonds. The van der Waals surface area contributed by atoms with E-state index < -0.39 is 5.54 Å². The summed E-state index contributed by atoms with van der Waals surface area (Å²) in [7, 11) is 0.